The van der Waals surface area contributed by atoms with Crippen LogP contribution in [0.1, 0.15) is 20.3 Å². The predicted molar refractivity (Wildman–Crippen MR) is 79.3 cm³/mol. The van der Waals surface area contributed by atoms with Crippen LogP contribution in [0.2, 0.25) is 10.0 Å². The number of ether oxygens (including phenoxy) is 1. The van der Waals surface area contributed by atoms with Gasteiger partial charge in [-0.2, -0.15) is 0 Å². The van der Waals surface area contributed by atoms with Crippen molar-refractivity contribution in [1.82, 2.24) is 5.32 Å². The number of carbonyl (C=O) groups is 2. The molecule has 0 radical (unpaired) electrons. The Hall–Kier alpha value is -1.46. The Labute approximate surface area is 127 Å². The maximum absolute atomic E-state index is 11.7. The fourth-order valence-corrected chi connectivity index (χ4v) is 2.06. The second-order valence-corrected chi connectivity index (χ2v) is 5.04. The highest BCUT2D eigenvalue weighted by Crippen LogP contribution is 2.22. The third-order valence-electron chi connectivity index (χ3n) is 2.28. The SMILES string of the molecule is CCOC(=O)CC(C)NC(=O)Nc1cc(Cl)cc(Cl)c1. The van der Waals surface area contributed by atoms with Gasteiger partial charge in [-0.25, -0.2) is 4.79 Å². The van der Waals surface area contributed by atoms with Crippen LogP contribution in [0.25, 0.3) is 0 Å². The molecule has 7 heteroatoms. The van der Waals surface area contributed by atoms with Crippen LogP contribution in [0.3, 0.4) is 0 Å². The minimum Gasteiger partial charge on any atom is -0.466 e. The van der Waals surface area contributed by atoms with Crippen molar-refractivity contribution < 1.29 is 14.3 Å². The molecule has 1 atom stereocenters. The van der Waals surface area contributed by atoms with Gasteiger partial charge in [0.05, 0.1) is 13.0 Å². The lowest BCUT2D eigenvalue weighted by atomic mass is 10.2. The summed E-state index contributed by atoms with van der Waals surface area (Å²) in [6.45, 7) is 3.76. The average Bonchev–Trinajstić information content (AvgIpc) is 2.26. The summed E-state index contributed by atoms with van der Waals surface area (Å²) < 4.78 is 4.80. The Bertz CT molecular complexity index is 474. The Morgan fingerprint density at radius 3 is 2.40 bits per heavy atom. The van der Waals surface area contributed by atoms with Gasteiger partial charge in [-0.3, -0.25) is 4.79 Å². The quantitative estimate of drug-likeness (QED) is 0.817. The fraction of sp³-hybridized carbons (Fsp3) is 0.385. The van der Waals surface area contributed by atoms with E-state index >= 15 is 0 Å². The molecule has 110 valence electrons. The Balaban J connectivity index is 2.48. The molecule has 1 rings (SSSR count). The van der Waals surface area contributed by atoms with Crippen molar-refractivity contribution in [3.63, 3.8) is 0 Å². The molecule has 1 unspecified atom stereocenters. The van der Waals surface area contributed by atoms with Gasteiger partial charge in [-0.1, -0.05) is 23.2 Å². The first-order valence-electron chi connectivity index (χ1n) is 6.10. The van der Waals surface area contributed by atoms with E-state index in [1.54, 1.807) is 32.0 Å². The minimum atomic E-state index is -0.444. The van der Waals surface area contributed by atoms with Crippen molar-refractivity contribution in [3.8, 4) is 0 Å². The summed E-state index contributed by atoms with van der Waals surface area (Å²) in [7, 11) is 0. The molecule has 0 aliphatic rings. The van der Waals surface area contributed by atoms with Crippen molar-refractivity contribution in [2.24, 2.45) is 0 Å². The van der Waals surface area contributed by atoms with Gasteiger partial charge < -0.3 is 15.4 Å². The molecule has 0 aliphatic carbocycles. The van der Waals surface area contributed by atoms with E-state index < -0.39 is 6.03 Å². The molecule has 2 N–H and O–H groups in total. The molecular formula is C13H16Cl2N2O3. The molecule has 1 aromatic carbocycles. The molecule has 2 amide bonds. The van der Waals surface area contributed by atoms with Gasteiger partial charge in [-0.05, 0) is 32.0 Å². The van der Waals surface area contributed by atoms with Gasteiger partial charge in [0, 0.05) is 21.8 Å². The average molecular weight is 319 g/mol. The van der Waals surface area contributed by atoms with Crippen LogP contribution in [0.4, 0.5) is 10.5 Å². The lowest BCUT2D eigenvalue weighted by Crippen LogP contribution is -2.37. The first kappa shape index (κ1) is 16.6. The summed E-state index contributed by atoms with van der Waals surface area (Å²) in [5.74, 6) is -0.355. The van der Waals surface area contributed by atoms with Crippen molar-refractivity contribution in [1.29, 1.82) is 0 Å². The molecule has 1 aromatic rings. The molecule has 5 nitrogen and oxygen atoms in total. The molecule has 0 aromatic heterocycles. The first-order valence-corrected chi connectivity index (χ1v) is 6.85. The zero-order valence-corrected chi connectivity index (χ0v) is 12.7. The van der Waals surface area contributed by atoms with Crippen LogP contribution < -0.4 is 10.6 Å². The fourth-order valence-electron chi connectivity index (χ4n) is 1.54. The number of carbonyl (C=O) groups excluding carboxylic acids is 2. The highest BCUT2D eigenvalue weighted by atomic mass is 35.5. The van der Waals surface area contributed by atoms with E-state index in [4.69, 9.17) is 27.9 Å². The van der Waals surface area contributed by atoms with Crippen molar-refractivity contribution in [3.05, 3.63) is 28.2 Å². The van der Waals surface area contributed by atoms with E-state index in [1.165, 1.54) is 0 Å². The normalized spacial score (nSPS) is 11.6. The van der Waals surface area contributed by atoms with Crippen LogP contribution in [-0.4, -0.2) is 24.6 Å². The molecule has 20 heavy (non-hydrogen) atoms. The third kappa shape index (κ3) is 6.12. The summed E-state index contributed by atoms with van der Waals surface area (Å²) in [6.07, 6.45) is 0.109. The maximum atomic E-state index is 11.7. The topological polar surface area (TPSA) is 67.4 Å². The van der Waals surface area contributed by atoms with Gasteiger partial charge in [0.15, 0.2) is 0 Å². The Morgan fingerprint density at radius 2 is 1.85 bits per heavy atom. The highest BCUT2D eigenvalue weighted by molar-refractivity contribution is 6.35. The van der Waals surface area contributed by atoms with Gasteiger partial charge in [0.1, 0.15) is 0 Å². The van der Waals surface area contributed by atoms with Crippen LogP contribution in [0, 0.1) is 0 Å². The van der Waals surface area contributed by atoms with E-state index in [-0.39, 0.29) is 18.4 Å². The lowest BCUT2D eigenvalue weighted by molar-refractivity contribution is -0.143. The predicted octanol–water partition coefficient (Wildman–Crippen LogP) is 3.46. The van der Waals surface area contributed by atoms with Crippen LogP contribution in [-0.2, 0) is 9.53 Å². The summed E-state index contributed by atoms with van der Waals surface area (Å²) in [4.78, 5) is 23.0. The summed E-state index contributed by atoms with van der Waals surface area (Å²) >= 11 is 11.7. The molecule has 0 fully saturated rings. The highest BCUT2D eigenvalue weighted by Gasteiger charge is 2.12. The third-order valence-corrected chi connectivity index (χ3v) is 2.71. The number of rotatable bonds is 5. The van der Waals surface area contributed by atoms with Gasteiger partial charge >= 0.3 is 12.0 Å². The number of benzene rings is 1. The second-order valence-electron chi connectivity index (χ2n) is 4.17. The number of esters is 1. The number of urea groups is 1. The molecule has 0 aliphatic heterocycles. The molecule has 0 heterocycles. The van der Waals surface area contributed by atoms with E-state index in [2.05, 4.69) is 10.6 Å². The van der Waals surface area contributed by atoms with Crippen molar-refractivity contribution in [2.75, 3.05) is 11.9 Å². The lowest BCUT2D eigenvalue weighted by Gasteiger charge is -2.14. The van der Waals surface area contributed by atoms with E-state index in [1.807, 2.05) is 0 Å². The Kier molecular flexibility index (Phi) is 6.61. The van der Waals surface area contributed by atoms with Crippen LogP contribution in [0.5, 0.6) is 0 Å². The van der Waals surface area contributed by atoms with Gasteiger partial charge in [-0.15, -0.1) is 0 Å². The molecule has 0 saturated carbocycles. The van der Waals surface area contributed by atoms with Crippen molar-refractivity contribution >= 4 is 40.9 Å². The van der Waals surface area contributed by atoms with Crippen LogP contribution in [0.15, 0.2) is 18.2 Å². The number of hydrogen-bond acceptors (Lipinski definition) is 3. The Morgan fingerprint density at radius 1 is 1.25 bits per heavy atom. The largest absolute Gasteiger partial charge is 0.466 e. The number of halogens is 2. The second kappa shape index (κ2) is 7.97. The summed E-state index contributed by atoms with van der Waals surface area (Å²) in [5.41, 5.74) is 0.475. The number of nitrogens with one attached hydrogen (secondary N) is 2. The maximum Gasteiger partial charge on any atom is 0.319 e. The van der Waals surface area contributed by atoms with Crippen molar-refractivity contribution in [2.45, 2.75) is 26.3 Å². The zero-order valence-electron chi connectivity index (χ0n) is 11.2. The van der Waals surface area contributed by atoms with Crippen LogP contribution >= 0.6 is 23.2 Å². The monoisotopic (exact) mass is 318 g/mol. The molecule has 0 spiro atoms. The standard InChI is InChI=1S/C13H16Cl2N2O3/c1-3-20-12(18)4-8(2)16-13(19)17-11-6-9(14)5-10(15)7-11/h5-8H,3-4H2,1-2H3,(H2,16,17,19). The minimum absolute atomic E-state index is 0.109. The number of amides is 2. The molecule has 0 bridgehead atoms. The van der Waals surface area contributed by atoms with E-state index in [9.17, 15) is 9.59 Å². The summed E-state index contributed by atoms with van der Waals surface area (Å²) in [6, 6.07) is 3.92. The number of hydrogen-bond donors (Lipinski definition) is 2. The molecule has 0 saturated heterocycles. The van der Waals surface area contributed by atoms with E-state index in [0.29, 0.717) is 22.3 Å². The van der Waals surface area contributed by atoms with E-state index in [0.717, 1.165) is 0 Å². The van der Waals surface area contributed by atoms with Gasteiger partial charge in [0.25, 0.3) is 0 Å². The summed E-state index contributed by atoms with van der Waals surface area (Å²) in [5, 5.41) is 6.06. The zero-order chi connectivity index (χ0) is 15.1. The number of anilines is 1. The smallest absolute Gasteiger partial charge is 0.319 e. The first-order chi connectivity index (χ1) is 9.40. The molecular weight excluding hydrogens is 303 g/mol. The van der Waals surface area contributed by atoms with Gasteiger partial charge in [0.2, 0.25) is 0 Å².